The molecule has 0 radical (unpaired) electrons. The molecule has 1 atom stereocenters. The molecule has 1 saturated carbocycles. The molecular weight excluding hydrogens is 240 g/mol. The quantitative estimate of drug-likeness (QED) is 0.853. The minimum Gasteiger partial charge on any atom is -0.491 e. The number of nitrogens with two attached hydrogens (primary N) is 1. The maximum absolute atomic E-state index is 12.4. The first kappa shape index (κ1) is 12.5. The Morgan fingerprint density at radius 3 is 2.79 bits per heavy atom. The van der Waals surface area contributed by atoms with Gasteiger partial charge in [-0.15, -0.1) is 0 Å². The molecule has 2 aliphatic rings. The van der Waals surface area contributed by atoms with Crippen molar-refractivity contribution in [3.63, 3.8) is 0 Å². The first-order valence-corrected chi connectivity index (χ1v) is 7.01. The van der Waals surface area contributed by atoms with E-state index >= 15 is 0 Å². The van der Waals surface area contributed by atoms with Crippen LogP contribution in [0.4, 0.5) is 0 Å². The van der Waals surface area contributed by atoms with Gasteiger partial charge in [0.1, 0.15) is 12.4 Å². The largest absolute Gasteiger partial charge is 0.491 e. The van der Waals surface area contributed by atoms with Crippen LogP contribution < -0.4 is 15.8 Å². The zero-order valence-corrected chi connectivity index (χ0v) is 11.0. The number of hydrogen-bond acceptors (Lipinski definition) is 3. The topological polar surface area (TPSA) is 64.4 Å². The monoisotopic (exact) mass is 260 g/mol. The number of ether oxygens (including phenoxy) is 1. The van der Waals surface area contributed by atoms with E-state index in [1.165, 1.54) is 6.42 Å². The standard InChI is InChI=1S/C15H20N2O2/c16-15(8-4-1-5-9-15)14(18)17-12-10-19-13-7-3-2-6-11(12)13/h2-3,6-7,12H,1,4-5,8-10,16H2,(H,17,18). The summed E-state index contributed by atoms with van der Waals surface area (Å²) in [6.45, 7) is 0.501. The number of nitrogens with one attached hydrogen (secondary N) is 1. The van der Waals surface area contributed by atoms with E-state index in [0.29, 0.717) is 6.61 Å². The molecule has 1 amide bonds. The first-order chi connectivity index (χ1) is 9.19. The van der Waals surface area contributed by atoms with Gasteiger partial charge in [0.15, 0.2) is 0 Å². The lowest BCUT2D eigenvalue weighted by atomic mass is 9.81. The van der Waals surface area contributed by atoms with E-state index in [1.54, 1.807) is 0 Å². The maximum atomic E-state index is 12.4. The van der Waals surface area contributed by atoms with Crippen LogP contribution in [0.3, 0.4) is 0 Å². The van der Waals surface area contributed by atoms with E-state index in [9.17, 15) is 4.79 Å². The van der Waals surface area contributed by atoms with Crippen molar-refractivity contribution in [2.45, 2.75) is 43.7 Å². The Labute approximate surface area is 113 Å². The van der Waals surface area contributed by atoms with Gasteiger partial charge in [-0.2, -0.15) is 0 Å². The maximum Gasteiger partial charge on any atom is 0.240 e. The van der Waals surface area contributed by atoms with Crippen LogP contribution in [0.2, 0.25) is 0 Å². The van der Waals surface area contributed by atoms with E-state index in [-0.39, 0.29) is 11.9 Å². The highest BCUT2D eigenvalue weighted by molar-refractivity contribution is 5.86. The normalized spacial score (nSPS) is 24.4. The third kappa shape index (κ3) is 2.32. The zero-order valence-electron chi connectivity index (χ0n) is 11.0. The molecule has 1 aliphatic heterocycles. The van der Waals surface area contributed by atoms with Gasteiger partial charge < -0.3 is 15.8 Å². The molecule has 1 aromatic rings. The number of hydrogen-bond donors (Lipinski definition) is 2. The molecule has 3 N–H and O–H groups in total. The summed E-state index contributed by atoms with van der Waals surface area (Å²) in [6, 6.07) is 7.77. The smallest absolute Gasteiger partial charge is 0.240 e. The molecule has 102 valence electrons. The Hall–Kier alpha value is -1.55. The van der Waals surface area contributed by atoms with Crippen molar-refractivity contribution in [3.8, 4) is 5.75 Å². The van der Waals surface area contributed by atoms with Crippen molar-refractivity contribution < 1.29 is 9.53 Å². The minimum atomic E-state index is -0.685. The molecule has 4 heteroatoms. The van der Waals surface area contributed by atoms with Gasteiger partial charge >= 0.3 is 0 Å². The van der Waals surface area contributed by atoms with Gasteiger partial charge in [-0.05, 0) is 18.9 Å². The summed E-state index contributed by atoms with van der Waals surface area (Å²) in [6.07, 6.45) is 4.84. The van der Waals surface area contributed by atoms with Gasteiger partial charge in [-0.3, -0.25) is 4.79 Å². The number of carbonyl (C=O) groups is 1. The Morgan fingerprint density at radius 1 is 1.26 bits per heavy atom. The van der Waals surface area contributed by atoms with Gasteiger partial charge in [0, 0.05) is 5.56 Å². The van der Waals surface area contributed by atoms with Crippen LogP contribution in [0.25, 0.3) is 0 Å². The highest BCUT2D eigenvalue weighted by atomic mass is 16.5. The summed E-state index contributed by atoms with van der Waals surface area (Å²) in [5.74, 6) is 0.833. The van der Waals surface area contributed by atoms with E-state index in [1.807, 2.05) is 24.3 Å². The second kappa shape index (κ2) is 4.85. The molecule has 1 heterocycles. The van der Waals surface area contributed by atoms with Crippen molar-refractivity contribution in [2.24, 2.45) is 5.73 Å². The van der Waals surface area contributed by atoms with Crippen molar-refractivity contribution in [3.05, 3.63) is 29.8 Å². The lowest BCUT2D eigenvalue weighted by Gasteiger charge is -2.32. The van der Waals surface area contributed by atoms with Crippen LogP contribution in [0, 0.1) is 0 Å². The summed E-state index contributed by atoms with van der Waals surface area (Å²) in [5, 5.41) is 3.06. The minimum absolute atomic E-state index is 0.0301. The Balaban J connectivity index is 1.71. The second-order valence-corrected chi connectivity index (χ2v) is 5.59. The molecule has 1 unspecified atom stereocenters. The molecule has 19 heavy (non-hydrogen) atoms. The van der Waals surface area contributed by atoms with Gasteiger partial charge in [0.25, 0.3) is 0 Å². The summed E-state index contributed by atoms with van der Waals surface area (Å²) in [7, 11) is 0. The molecule has 0 saturated heterocycles. The second-order valence-electron chi connectivity index (χ2n) is 5.59. The Morgan fingerprint density at radius 2 is 2.00 bits per heavy atom. The number of para-hydroxylation sites is 1. The van der Waals surface area contributed by atoms with Crippen LogP contribution in [0.5, 0.6) is 5.75 Å². The summed E-state index contributed by atoms with van der Waals surface area (Å²) < 4.78 is 5.58. The molecule has 4 nitrogen and oxygen atoms in total. The average Bonchev–Trinajstić information content (AvgIpc) is 2.83. The number of carbonyl (C=O) groups excluding carboxylic acids is 1. The van der Waals surface area contributed by atoms with E-state index in [4.69, 9.17) is 10.5 Å². The highest BCUT2D eigenvalue weighted by Crippen LogP contribution is 2.33. The van der Waals surface area contributed by atoms with Crippen LogP contribution in [0.15, 0.2) is 24.3 Å². The number of rotatable bonds is 2. The average molecular weight is 260 g/mol. The van der Waals surface area contributed by atoms with Gasteiger partial charge in [-0.1, -0.05) is 37.5 Å². The third-order valence-corrected chi connectivity index (χ3v) is 4.20. The van der Waals surface area contributed by atoms with Crippen molar-refractivity contribution in [1.29, 1.82) is 0 Å². The lowest BCUT2D eigenvalue weighted by molar-refractivity contribution is -0.128. The van der Waals surface area contributed by atoms with Crippen LogP contribution in [0.1, 0.15) is 43.7 Å². The zero-order chi connectivity index (χ0) is 13.3. The van der Waals surface area contributed by atoms with Crippen LogP contribution in [-0.4, -0.2) is 18.1 Å². The third-order valence-electron chi connectivity index (χ3n) is 4.20. The first-order valence-electron chi connectivity index (χ1n) is 7.01. The number of fused-ring (bicyclic) bond motifs is 1. The molecule has 0 bridgehead atoms. The predicted octanol–water partition coefficient (Wildman–Crippen LogP) is 1.90. The molecule has 1 aliphatic carbocycles. The molecule has 1 aromatic carbocycles. The Kier molecular flexibility index (Phi) is 3.19. The fraction of sp³-hybridized carbons (Fsp3) is 0.533. The SMILES string of the molecule is NC1(C(=O)NC2COc3ccccc32)CCCCC1. The van der Waals surface area contributed by atoms with E-state index in [2.05, 4.69) is 5.32 Å². The van der Waals surface area contributed by atoms with Crippen molar-refractivity contribution in [1.82, 2.24) is 5.32 Å². The molecule has 0 aromatic heterocycles. The molecule has 3 rings (SSSR count). The molecule has 1 fully saturated rings. The van der Waals surface area contributed by atoms with Crippen LogP contribution in [-0.2, 0) is 4.79 Å². The number of benzene rings is 1. The van der Waals surface area contributed by atoms with Gasteiger partial charge in [0.05, 0.1) is 11.6 Å². The van der Waals surface area contributed by atoms with Crippen molar-refractivity contribution in [2.75, 3.05) is 6.61 Å². The summed E-state index contributed by atoms with van der Waals surface area (Å²) >= 11 is 0. The van der Waals surface area contributed by atoms with Crippen LogP contribution >= 0.6 is 0 Å². The fourth-order valence-electron chi connectivity index (χ4n) is 2.99. The van der Waals surface area contributed by atoms with E-state index < -0.39 is 5.54 Å². The van der Waals surface area contributed by atoms with Gasteiger partial charge in [-0.25, -0.2) is 0 Å². The Bertz CT molecular complexity index is 481. The fourth-order valence-corrected chi connectivity index (χ4v) is 2.99. The summed E-state index contributed by atoms with van der Waals surface area (Å²) in [4.78, 5) is 12.4. The highest BCUT2D eigenvalue weighted by Gasteiger charge is 2.37. The molecule has 0 spiro atoms. The van der Waals surface area contributed by atoms with E-state index in [0.717, 1.165) is 37.0 Å². The predicted molar refractivity (Wildman–Crippen MR) is 72.8 cm³/mol. The number of amides is 1. The summed E-state index contributed by atoms with van der Waals surface area (Å²) in [5.41, 5.74) is 6.61. The lowest BCUT2D eigenvalue weighted by Crippen LogP contribution is -2.55. The van der Waals surface area contributed by atoms with Gasteiger partial charge in [0.2, 0.25) is 5.91 Å². The van der Waals surface area contributed by atoms with Crippen molar-refractivity contribution >= 4 is 5.91 Å². The molecular formula is C15H20N2O2.